The molecule has 0 aromatic carbocycles. The van der Waals surface area contributed by atoms with Gasteiger partial charge in [-0.05, 0) is 61.7 Å². The highest BCUT2D eigenvalue weighted by atomic mass is 16.1. The molecule has 0 aromatic heterocycles. The number of rotatable bonds is 9. The Labute approximate surface area is 129 Å². The number of hydrogen-bond acceptors (Lipinski definition) is 6. The van der Waals surface area contributed by atoms with Gasteiger partial charge in [0.15, 0.2) is 0 Å². The molecule has 0 heterocycles. The monoisotopic (exact) mass is 303 g/mol. The standard InChI is InChI=1S/C16H21N3O3/c20-10-17-4-1-2-15-6-14-8-16(15,9-19-12-22)7-13(14)3-5-18-11-21/h13-15H,1-9H2. The minimum Gasteiger partial charge on any atom is -0.211 e. The fourth-order valence-corrected chi connectivity index (χ4v) is 4.63. The smallest absolute Gasteiger partial charge is 0.211 e. The molecule has 6 heteroatoms. The van der Waals surface area contributed by atoms with Crippen LogP contribution in [0, 0.1) is 23.2 Å². The molecule has 2 fully saturated rings. The molecule has 0 N–H and O–H groups in total. The first-order chi connectivity index (χ1) is 10.8. The van der Waals surface area contributed by atoms with Crippen LogP contribution in [0.1, 0.15) is 38.5 Å². The van der Waals surface area contributed by atoms with Crippen molar-refractivity contribution in [3.05, 3.63) is 0 Å². The summed E-state index contributed by atoms with van der Waals surface area (Å²) < 4.78 is 0. The maximum absolute atomic E-state index is 10.5. The van der Waals surface area contributed by atoms with E-state index in [-0.39, 0.29) is 5.41 Å². The van der Waals surface area contributed by atoms with Crippen LogP contribution < -0.4 is 0 Å². The SMILES string of the molecule is O=C=NCCCC1CC2CC1(CN=C=O)CC2CCN=C=O. The zero-order valence-electron chi connectivity index (χ0n) is 12.7. The Hall–Kier alpha value is -1.86. The van der Waals surface area contributed by atoms with Crippen LogP contribution in [0.5, 0.6) is 0 Å². The van der Waals surface area contributed by atoms with Crippen LogP contribution in [0.3, 0.4) is 0 Å². The van der Waals surface area contributed by atoms with Gasteiger partial charge in [0.2, 0.25) is 18.2 Å². The summed E-state index contributed by atoms with van der Waals surface area (Å²) in [6, 6.07) is 0. The van der Waals surface area contributed by atoms with Gasteiger partial charge in [-0.15, -0.1) is 0 Å². The van der Waals surface area contributed by atoms with Crippen molar-refractivity contribution in [1.82, 2.24) is 0 Å². The first-order valence-corrected chi connectivity index (χ1v) is 7.86. The van der Waals surface area contributed by atoms with E-state index >= 15 is 0 Å². The maximum Gasteiger partial charge on any atom is 0.234 e. The summed E-state index contributed by atoms with van der Waals surface area (Å²) >= 11 is 0. The second kappa shape index (κ2) is 7.95. The fraction of sp³-hybridized carbons (Fsp3) is 0.812. The van der Waals surface area contributed by atoms with Crippen LogP contribution in [0.15, 0.2) is 15.0 Å². The zero-order chi connectivity index (χ0) is 15.8. The quantitative estimate of drug-likeness (QED) is 0.371. The van der Waals surface area contributed by atoms with E-state index in [1.807, 2.05) is 0 Å². The van der Waals surface area contributed by atoms with Crippen molar-refractivity contribution in [3.63, 3.8) is 0 Å². The topological polar surface area (TPSA) is 88.3 Å². The van der Waals surface area contributed by atoms with Gasteiger partial charge in [-0.2, -0.15) is 0 Å². The average Bonchev–Trinajstić information content (AvgIpc) is 3.05. The summed E-state index contributed by atoms with van der Waals surface area (Å²) in [6.45, 7) is 1.60. The molecule has 0 radical (unpaired) electrons. The highest BCUT2D eigenvalue weighted by Gasteiger charge is 2.55. The summed E-state index contributed by atoms with van der Waals surface area (Å²) in [7, 11) is 0. The zero-order valence-corrected chi connectivity index (χ0v) is 12.7. The summed E-state index contributed by atoms with van der Waals surface area (Å²) in [5.41, 5.74) is 0.0858. The third-order valence-corrected chi connectivity index (χ3v) is 5.48. The third kappa shape index (κ3) is 3.66. The first-order valence-electron chi connectivity index (χ1n) is 7.86. The van der Waals surface area contributed by atoms with E-state index in [0.717, 1.165) is 38.5 Å². The normalized spacial score (nSPS) is 31.9. The molecular weight excluding hydrogens is 282 g/mol. The molecule has 0 aliphatic heterocycles. The first kappa shape index (κ1) is 16.5. The number of fused-ring (bicyclic) bond motifs is 2. The Morgan fingerprint density at radius 1 is 0.909 bits per heavy atom. The van der Waals surface area contributed by atoms with Crippen molar-refractivity contribution >= 4 is 18.2 Å². The van der Waals surface area contributed by atoms with Crippen molar-refractivity contribution in [3.8, 4) is 0 Å². The van der Waals surface area contributed by atoms with E-state index in [4.69, 9.17) is 0 Å². The highest BCUT2D eigenvalue weighted by Crippen LogP contribution is 2.62. The molecule has 0 amide bonds. The van der Waals surface area contributed by atoms with E-state index in [2.05, 4.69) is 15.0 Å². The Morgan fingerprint density at radius 2 is 1.64 bits per heavy atom. The maximum atomic E-state index is 10.5. The summed E-state index contributed by atoms with van der Waals surface area (Å²) in [4.78, 5) is 41.9. The van der Waals surface area contributed by atoms with Crippen molar-refractivity contribution in [2.24, 2.45) is 38.1 Å². The summed E-state index contributed by atoms with van der Waals surface area (Å²) in [5, 5.41) is 0. The van der Waals surface area contributed by atoms with Gasteiger partial charge in [0.25, 0.3) is 0 Å². The lowest BCUT2D eigenvalue weighted by molar-refractivity contribution is 0.145. The third-order valence-electron chi connectivity index (χ3n) is 5.48. The molecule has 2 aliphatic rings. The van der Waals surface area contributed by atoms with Crippen molar-refractivity contribution < 1.29 is 14.4 Å². The van der Waals surface area contributed by atoms with Crippen molar-refractivity contribution in [1.29, 1.82) is 0 Å². The van der Waals surface area contributed by atoms with Crippen LogP contribution in [0.4, 0.5) is 0 Å². The lowest BCUT2D eigenvalue weighted by Crippen LogP contribution is -2.31. The predicted molar refractivity (Wildman–Crippen MR) is 79.6 cm³/mol. The van der Waals surface area contributed by atoms with Crippen LogP contribution in [-0.4, -0.2) is 37.9 Å². The van der Waals surface area contributed by atoms with Crippen LogP contribution >= 0.6 is 0 Å². The van der Waals surface area contributed by atoms with E-state index in [1.54, 1.807) is 18.2 Å². The molecule has 118 valence electrons. The molecule has 4 atom stereocenters. The van der Waals surface area contributed by atoms with Gasteiger partial charge in [0.1, 0.15) is 0 Å². The number of isocyanates is 3. The highest BCUT2D eigenvalue weighted by molar-refractivity contribution is 5.33. The Balaban J connectivity index is 1.97. The molecule has 2 saturated carbocycles. The molecular formula is C16H21N3O3. The van der Waals surface area contributed by atoms with Gasteiger partial charge in [-0.1, -0.05) is 0 Å². The summed E-state index contributed by atoms with van der Waals surface area (Å²) in [5.74, 6) is 1.72. The molecule has 0 spiro atoms. The molecule has 2 bridgehead atoms. The van der Waals surface area contributed by atoms with Crippen LogP contribution in [-0.2, 0) is 14.4 Å². The predicted octanol–water partition coefficient (Wildman–Crippen LogP) is 2.20. The molecule has 4 unspecified atom stereocenters. The van der Waals surface area contributed by atoms with Gasteiger partial charge in [0, 0.05) is 0 Å². The summed E-state index contributed by atoms with van der Waals surface area (Å²) in [6.07, 6.45) is 10.9. The lowest BCUT2D eigenvalue weighted by Gasteiger charge is -2.36. The minimum absolute atomic E-state index is 0.0858. The van der Waals surface area contributed by atoms with Gasteiger partial charge in [-0.3, -0.25) is 0 Å². The number of nitrogens with zero attached hydrogens (tertiary/aromatic N) is 3. The fourth-order valence-electron chi connectivity index (χ4n) is 4.63. The van der Waals surface area contributed by atoms with Gasteiger partial charge >= 0.3 is 0 Å². The van der Waals surface area contributed by atoms with Crippen molar-refractivity contribution in [2.75, 3.05) is 19.6 Å². The minimum atomic E-state index is 0.0858. The molecule has 2 aliphatic carbocycles. The van der Waals surface area contributed by atoms with Gasteiger partial charge in [-0.25, -0.2) is 29.4 Å². The molecule has 2 rings (SSSR count). The van der Waals surface area contributed by atoms with Crippen LogP contribution in [0.2, 0.25) is 0 Å². The molecule has 0 aromatic rings. The number of carbonyl (C=O) groups excluding carboxylic acids is 3. The Kier molecular flexibility index (Phi) is 5.97. The van der Waals surface area contributed by atoms with Gasteiger partial charge < -0.3 is 0 Å². The molecule has 0 saturated heterocycles. The van der Waals surface area contributed by atoms with Crippen molar-refractivity contribution in [2.45, 2.75) is 38.5 Å². The largest absolute Gasteiger partial charge is 0.234 e. The van der Waals surface area contributed by atoms with E-state index in [9.17, 15) is 14.4 Å². The van der Waals surface area contributed by atoms with E-state index in [1.165, 1.54) is 0 Å². The second-order valence-corrected chi connectivity index (χ2v) is 6.51. The second-order valence-electron chi connectivity index (χ2n) is 6.51. The Morgan fingerprint density at radius 3 is 2.36 bits per heavy atom. The number of hydrogen-bond donors (Lipinski definition) is 0. The number of aliphatic imine (C=N–C) groups is 3. The molecule has 6 nitrogen and oxygen atoms in total. The average molecular weight is 303 g/mol. The van der Waals surface area contributed by atoms with E-state index < -0.39 is 0 Å². The van der Waals surface area contributed by atoms with Gasteiger partial charge in [0.05, 0.1) is 19.6 Å². The Bertz CT molecular complexity index is 531. The van der Waals surface area contributed by atoms with E-state index in [0.29, 0.717) is 37.4 Å². The molecule has 22 heavy (non-hydrogen) atoms. The lowest BCUT2D eigenvalue weighted by atomic mass is 9.69. The van der Waals surface area contributed by atoms with Crippen LogP contribution in [0.25, 0.3) is 0 Å².